The predicted molar refractivity (Wildman–Crippen MR) is 70.9 cm³/mol. The van der Waals surface area contributed by atoms with E-state index in [1.54, 1.807) is 24.4 Å². The number of hydrogen-bond donors (Lipinski definition) is 3. The first kappa shape index (κ1) is 13.3. The van der Waals surface area contributed by atoms with Crippen molar-refractivity contribution in [3.63, 3.8) is 0 Å². The van der Waals surface area contributed by atoms with E-state index in [4.69, 9.17) is 10.9 Å². The van der Waals surface area contributed by atoms with Crippen LogP contribution in [0, 0.1) is 0 Å². The van der Waals surface area contributed by atoms with Crippen LogP contribution in [0.4, 0.5) is 0 Å². The van der Waals surface area contributed by atoms with Gasteiger partial charge in [-0.05, 0) is 25.0 Å². The molecule has 1 aliphatic carbocycles. The van der Waals surface area contributed by atoms with E-state index in [-0.39, 0.29) is 11.7 Å². The molecule has 0 bridgehead atoms. The Morgan fingerprint density at radius 2 is 2.11 bits per heavy atom. The molecule has 102 valence electrons. The summed E-state index contributed by atoms with van der Waals surface area (Å²) in [6, 6.07) is 5.13. The van der Waals surface area contributed by atoms with Gasteiger partial charge >= 0.3 is 0 Å². The summed E-state index contributed by atoms with van der Waals surface area (Å²) in [7, 11) is 0. The molecule has 0 radical (unpaired) electrons. The van der Waals surface area contributed by atoms with E-state index in [1.807, 2.05) is 0 Å². The van der Waals surface area contributed by atoms with Gasteiger partial charge in [-0.25, -0.2) is 0 Å². The third-order valence-electron chi connectivity index (χ3n) is 3.56. The molecule has 4 N–H and O–H groups in total. The van der Waals surface area contributed by atoms with Crippen LogP contribution < -0.4 is 11.1 Å². The van der Waals surface area contributed by atoms with Gasteiger partial charge in [0.1, 0.15) is 11.2 Å². The second-order valence-electron chi connectivity index (χ2n) is 4.80. The van der Waals surface area contributed by atoms with E-state index in [1.165, 1.54) is 0 Å². The highest BCUT2D eigenvalue weighted by atomic mass is 16.4. The Bertz CT molecular complexity index is 467. The number of amidine groups is 1. The van der Waals surface area contributed by atoms with Crippen molar-refractivity contribution >= 4 is 11.7 Å². The molecule has 0 aliphatic heterocycles. The van der Waals surface area contributed by atoms with Crippen molar-refractivity contribution in [2.45, 2.75) is 37.6 Å². The zero-order valence-electron chi connectivity index (χ0n) is 10.7. The number of amides is 1. The Balaban J connectivity index is 2.19. The molecule has 1 saturated carbocycles. The van der Waals surface area contributed by atoms with E-state index < -0.39 is 5.54 Å². The standard InChI is InChI=1S/C13H18N4O2/c14-12(17-19)13(7-3-1-4-8-13)16-11(18)10-6-2-5-9-15-10/h2,5-6,9,19H,1,3-4,7-8H2,(H2,14,17)(H,16,18). The van der Waals surface area contributed by atoms with Crippen LogP contribution in [-0.4, -0.2) is 27.5 Å². The molecule has 1 aromatic heterocycles. The smallest absolute Gasteiger partial charge is 0.270 e. The van der Waals surface area contributed by atoms with E-state index in [9.17, 15) is 4.79 Å². The fourth-order valence-corrected chi connectivity index (χ4v) is 2.47. The first-order valence-corrected chi connectivity index (χ1v) is 6.39. The van der Waals surface area contributed by atoms with E-state index in [2.05, 4.69) is 15.5 Å². The molecule has 0 spiro atoms. The third kappa shape index (κ3) is 2.83. The Morgan fingerprint density at radius 1 is 1.37 bits per heavy atom. The maximum atomic E-state index is 12.2. The van der Waals surface area contributed by atoms with Gasteiger partial charge in [-0.1, -0.05) is 30.5 Å². The van der Waals surface area contributed by atoms with Crippen molar-refractivity contribution in [1.82, 2.24) is 10.3 Å². The zero-order chi connectivity index (χ0) is 13.7. The topological polar surface area (TPSA) is 101 Å². The van der Waals surface area contributed by atoms with Crippen molar-refractivity contribution in [2.24, 2.45) is 10.9 Å². The van der Waals surface area contributed by atoms with Gasteiger partial charge in [-0.2, -0.15) is 0 Å². The summed E-state index contributed by atoms with van der Waals surface area (Å²) >= 11 is 0. The predicted octanol–water partition coefficient (Wildman–Crippen LogP) is 1.26. The Morgan fingerprint density at radius 3 is 2.68 bits per heavy atom. The van der Waals surface area contributed by atoms with Crippen LogP contribution in [0.25, 0.3) is 0 Å². The van der Waals surface area contributed by atoms with Crippen molar-refractivity contribution < 1.29 is 10.0 Å². The molecule has 2 rings (SSSR count). The van der Waals surface area contributed by atoms with Gasteiger partial charge in [-0.15, -0.1) is 0 Å². The van der Waals surface area contributed by atoms with Gasteiger partial charge in [0.25, 0.3) is 5.91 Å². The molecule has 1 fully saturated rings. The van der Waals surface area contributed by atoms with Gasteiger partial charge in [0, 0.05) is 6.20 Å². The molecule has 6 heteroatoms. The van der Waals surface area contributed by atoms with Gasteiger partial charge in [-0.3, -0.25) is 9.78 Å². The summed E-state index contributed by atoms with van der Waals surface area (Å²) in [5.41, 5.74) is 5.36. The summed E-state index contributed by atoms with van der Waals surface area (Å²) in [4.78, 5) is 16.2. The molecule has 19 heavy (non-hydrogen) atoms. The lowest BCUT2D eigenvalue weighted by molar-refractivity contribution is 0.0900. The minimum absolute atomic E-state index is 0.0662. The number of oxime groups is 1. The van der Waals surface area contributed by atoms with Crippen molar-refractivity contribution in [3.05, 3.63) is 30.1 Å². The molecule has 1 aromatic rings. The van der Waals surface area contributed by atoms with E-state index in [0.717, 1.165) is 19.3 Å². The number of hydrogen-bond acceptors (Lipinski definition) is 4. The number of carbonyl (C=O) groups is 1. The first-order valence-electron chi connectivity index (χ1n) is 6.39. The van der Waals surface area contributed by atoms with E-state index >= 15 is 0 Å². The average molecular weight is 262 g/mol. The zero-order valence-corrected chi connectivity index (χ0v) is 10.7. The summed E-state index contributed by atoms with van der Waals surface area (Å²) in [6.45, 7) is 0. The second kappa shape index (κ2) is 5.69. The molecule has 0 atom stereocenters. The van der Waals surface area contributed by atoms with Gasteiger partial charge < -0.3 is 16.3 Å². The van der Waals surface area contributed by atoms with Crippen LogP contribution in [0.2, 0.25) is 0 Å². The maximum absolute atomic E-state index is 12.2. The highest BCUT2D eigenvalue weighted by Crippen LogP contribution is 2.28. The van der Waals surface area contributed by atoms with Crippen LogP contribution in [0.15, 0.2) is 29.6 Å². The maximum Gasteiger partial charge on any atom is 0.270 e. The normalized spacial score (nSPS) is 18.8. The minimum Gasteiger partial charge on any atom is -0.409 e. The SMILES string of the molecule is N/C(=N/O)C1(NC(=O)c2ccccn2)CCCCC1. The van der Waals surface area contributed by atoms with Gasteiger partial charge in [0.2, 0.25) is 0 Å². The lowest BCUT2D eigenvalue weighted by Gasteiger charge is -2.36. The number of aromatic nitrogens is 1. The second-order valence-corrected chi connectivity index (χ2v) is 4.80. The summed E-state index contributed by atoms with van der Waals surface area (Å²) < 4.78 is 0. The molecule has 0 aromatic carbocycles. The molecular formula is C13H18N4O2. The number of carbonyl (C=O) groups excluding carboxylic acids is 1. The van der Waals surface area contributed by atoms with Crippen molar-refractivity contribution in [1.29, 1.82) is 0 Å². The summed E-state index contributed by atoms with van der Waals surface area (Å²) in [5.74, 6) is -0.231. The molecule has 1 aliphatic rings. The minimum atomic E-state index is -0.748. The fourth-order valence-electron chi connectivity index (χ4n) is 2.47. The number of nitrogens with one attached hydrogen (secondary N) is 1. The van der Waals surface area contributed by atoms with Gasteiger partial charge in [0.15, 0.2) is 5.84 Å². The number of nitrogens with two attached hydrogens (primary N) is 1. The quantitative estimate of drug-likeness (QED) is 0.330. The summed E-state index contributed by atoms with van der Waals surface area (Å²) in [5, 5.41) is 14.9. The number of pyridine rings is 1. The van der Waals surface area contributed by atoms with Crippen LogP contribution in [0.5, 0.6) is 0 Å². The Labute approximate surface area is 111 Å². The van der Waals surface area contributed by atoms with Crippen LogP contribution >= 0.6 is 0 Å². The third-order valence-corrected chi connectivity index (χ3v) is 3.56. The lowest BCUT2D eigenvalue weighted by Crippen LogP contribution is -2.58. The summed E-state index contributed by atoms with van der Waals surface area (Å²) in [6.07, 6.45) is 5.91. The molecule has 0 unspecified atom stereocenters. The van der Waals surface area contributed by atoms with Gasteiger partial charge in [0.05, 0.1) is 0 Å². The lowest BCUT2D eigenvalue weighted by atomic mass is 9.80. The van der Waals surface area contributed by atoms with Crippen LogP contribution in [0.3, 0.4) is 0 Å². The number of rotatable bonds is 3. The fraction of sp³-hybridized carbons (Fsp3) is 0.462. The number of nitrogens with zero attached hydrogens (tertiary/aromatic N) is 2. The van der Waals surface area contributed by atoms with E-state index in [0.29, 0.717) is 18.5 Å². The molecular weight excluding hydrogens is 244 g/mol. The Hall–Kier alpha value is -2.11. The highest BCUT2D eigenvalue weighted by Gasteiger charge is 2.38. The molecule has 1 heterocycles. The highest BCUT2D eigenvalue weighted by molar-refractivity contribution is 5.99. The monoisotopic (exact) mass is 262 g/mol. The average Bonchev–Trinajstić information content (AvgIpc) is 2.48. The first-order chi connectivity index (χ1) is 9.18. The molecule has 1 amide bonds. The molecule has 6 nitrogen and oxygen atoms in total. The van der Waals surface area contributed by atoms with Crippen molar-refractivity contribution in [3.8, 4) is 0 Å². The Kier molecular flexibility index (Phi) is 3.99. The van der Waals surface area contributed by atoms with Crippen molar-refractivity contribution in [2.75, 3.05) is 0 Å². The van der Waals surface area contributed by atoms with Crippen LogP contribution in [0.1, 0.15) is 42.6 Å². The largest absolute Gasteiger partial charge is 0.409 e. The molecule has 0 saturated heterocycles. The van der Waals surface area contributed by atoms with Crippen LogP contribution in [-0.2, 0) is 0 Å².